The van der Waals surface area contributed by atoms with E-state index in [0.717, 1.165) is 0 Å². The first kappa shape index (κ1) is 6.67. The molecule has 0 radical (unpaired) electrons. The molecule has 0 heterocycles. The van der Waals surface area contributed by atoms with E-state index < -0.39 is 0 Å². The first-order valence-electron chi connectivity index (χ1n) is 2.90. The van der Waals surface area contributed by atoms with Crippen molar-refractivity contribution in [2.45, 2.75) is 0 Å². The van der Waals surface area contributed by atoms with Gasteiger partial charge in [-0.2, -0.15) is 0 Å². The summed E-state index contributed by atoms with van der Waals surface area (Å²) >= 11 is 0.168. The van der Waals surface area contributed by atoms with Crippen molar-refractivity contribution < 1.29 is 0 Å². The van der Waals surface area contributed by atoms with Crippen LogP contribution in [0.4, 0.5) is 0 Å². The van der Waals surface area contributed by atoms with Crippen molar-refractivity contribution in [2.24, 2.45) is 3.93 Å². The zero-order chi connectivity index (χ0) is 6.53. The Morgan fingerprint density at radius 1 is 1.22 bits per heavy atom. The summed E-state index contributed by atoms with van der Waals surface area (Å²) in [6.45, 7) is 0. The van der Waals surface area contributed by atoms with Gasteiger partial charge in [-0.05, 0) is 0 Å². The Labute approximate surface area is 61.2 Å². The molecule has 0 aliphatic heterocycles. The van der Waals surface area contributed by atoms with Crippen LogP contribution in [-0.4, -0.2) is 22.1 Å². The van der Waals surface area contributed by atoms with Gasteiger partial charge in [0.1, 0.15) is 0 Å². The molecular weight excluding hydrogens is 125 g/mol. The van der Waals surface area contributed by atoms with E-state index in [2.05, 4.69) is 16.1 Å². The molecule has 0 N–H and O–H groups in total. The molecule has 0 fully saturated rings. The predicted octanol–water partition coefficient (Wildman–Crippen LogP) is 0.830. The number of hydrogen-bond donors (Lipinski definition) is 0. The number of benzene rings is 1. The SMILES string of the molecule is C[N]=[Al][c]1ccccc1. The van der Waals surface area contributed by atoms with Crippen LogP contribution in [0, 0.1) is 0 Å². The van der Waals surface area contributed by atoms with Gasteiger partial charge >= 0.3 is 60.8 Å². The van der Waals surface area contributed by atoms with Gasteiger partial charge in [0.05, 0.1) is 0 Å². The van der Waals surface area contributed by atoms with E-state index in [1.807, 2.05) is 25.2 Å². The Bertz CT molecular complexity index is 193. The number of hydrogen-bond acceptors (Lipinski definition) is 1. The summed E-state index contributed by atoms with van der Waals surface area (Å²) in [6, 6.07) is 10.4. The van der Waals surface area contributed by atoms with Crippen molar-refractivity contribution >= 4 is 19.5 Å². The van der Waals surface area contributed by atoms with Gasteiger partial charge in [-0.25, -0.2) is 0 Å². The Morgan fingerprint density at radius 2 is 1.89 bits per heavy atom. The topological polar surface area (TPSA) is 12.4 Å². The van der Waals surface area contributed by atoms with Crippen LogP contribution in [0.25, 0.3) is 0 Å². The molecule has 1 aromatic carbocycles. The standard InChI is InChI=1S/C6H5.CH3N.Al/c1-2-4-6-5-3-1;1-2;/h1-5H;1H3;. The van der Waals surface area contributed by atoms with Crippen LogP contribution in [0.15, 0.2) is 34.3 Å². The zero-order valence-corrected chi connectivity index (χ0v) is 6.57. The third-order valence-corrected chi connectivity index (χ3v) is 2.02. The van der Waals surface area contributed by atoms with E-state index in [-0.39, 0.29) is 15.0 Å². The van der Waals surface area contributed by atoms with Crippen molar-refractivity contribution in [3.05, 3.63) is 30.3 Å². The van der Waals surface area contributed by atoms with Gasteiger partial charge in [0.2, 0.25) is 0 Å². The molecule has 0 spiro atoms. The van der Waals surface area contributed by atoms with Crippen LogP contribution < -0.4 is 4.43 Å². The molecule has 0 unspecified atom stereocenters. The molecule has 9 heavy (non-hydrogen) atoms. The average molecular weight is 133 g/mol. The fraction of sp³-hybridized carbons (Fsp3) is 0.143. The van der Waals surface area contributed by atoms with Crippen LogP contribution in [0.2, 0.25) is 0 Å². The average Bonchev–Trinajstić information content (AvgIpc) is 1.91. The van der Waals surface area contributed by atoms with Crippen LogP contribution in [0.3, 0.4) is 0 Å². The third kappa shape index (κ3) is 2.09. The summed E-state index contributed by atoms with van der Waals surface area (Å²) in [5.41, 5.74) is 0. The second-order valence-corrected chi connectivity index (χ2v) is 3.24. The fourth-order valence-corrected chi connectivity index (χ4v) is 1.38. The van der Waals surface area contributed by atoms with Crippen LogP contribution in [0.1, 0.15) is 0 Å². The van der Waals surface area contributed by atoms with Crippen molar-refractivity contribution in [2.75, 3.05) is 7.05 Å². The van der Waals surface area contributed by atoms with E-state index in [1.165, 1.54) is 4.43 Å². The van der Waals surface area contributed by atoms with Crippen molar-refractivity contribution in [3.63, 3.8) is 0 Å². The maximum absolute atomic E-state index is 4.09. The Hall–Kier alpha value is -0.448. The molecule has 0 aromatic heterocycles. The van der Waals surface area contributed by atoms with Gasteiger partial charge in [0.25, 0.3) is 0 Å². The maximum atomic E-state index is 4.09. The first-order chi connectivity index (χ1) is 4.43. The summed E-state index contributed by atoms with van der Waals surface area (Å²) in [7, 11) is 1.86. The molecule has 0 saturated heterocycles. The van der Waals surface area contributed by atoms with Crippen LogP contribution in [-0.2, 0) is 0 Å². The molecular formula is C7H8AlN. The number of rotatable bonds is 1. The predicted molar refractivity (Wildman–Crippen MR) is 40.2 cm³/mol. The quantitative estimate of drug-likeness (QED) is 0.503. The molecule has 1 nitrogen and oxygen atoms in total. The Kier molecular flexibility index (Phi) is 2.63. The monoisotopic (exact) mass is 133 g/mol. The van der Waals surface area contributed by atoms with Gasteiger partial charge in [-0.3, -0.25) is 0 Å². The van der Waals surface area contributed by atoms with E-state index in [1.54, 1.807) is 0 Å². The van der Waals surface area contributed by atoms with Gasteiger partial charge in [-0.1, -0.05) is 0 Å². The van der Waals surface area contributed by atoms with Crippen molar-refractivity contribution in [1.82, 2.24) is 0 Å². The fourth-order valence-electron chi connectivity index (χ4n) is 0.688. The van der Waals surface area contributed by atoms with Gasteiger partial charge in [0, 0.05) is 0 Å². The molecule has 44 valence electrons. The first-order valence-corrected chi connectivity index (χ1v) is 4.00. The molecule has 1 rings (SSSR count). The summed E-state index contributed by atoms with van der Waals surface area (Å²) in [5, 5.41) is 0. The van der Waals surface area contributed by atoms with Gasteiger partial charge in [-0.15, -0.1) is 0 Å². The molecule has 0 saturated carbocycles. The van der Waals surface area contributed by atoms with E-state index in [4.69, 9.17) is 0 Å². The summed E-state index contributed by atoms with van der Waals surface area (Å²) in [5.74, 6) is 0. The molecule has 0 atom stereocenters. The van der Waals surface area contributed by atoms with Crippen LogP contribution >= 0.6 is 0 Å². The summed E-state index contributed by atoms with van der Waals surface area (Å²) in [4.78, 5) is 0. The minimum atomic E-state index is 0.168. The Balaban J connectivity index is 2.85. The van der Waals surface area contributed by atoms with E-state index in [9.17, 15) is 0 Å². The van der Waals surface area contributed by atoms with Gasteiger partial charge < -0.3 is 0 Å². The second-order valence-electron chi connectivity index (χ2n) is 1.80. The molecule has 0 amide bonds. The molecule has 0 aliphatic carbocycles. The van der Waals surface area contributed by atoms with Crippen LogP contribution in [0.5, 0.6) is 0 Å². The molecule has 1 aromatic rings. The van der Waals surface area contributed by atoms with Crippen molar-refractivity contribution in [3.8, 4) is 0 Å². The summed E-state index contributed by atoms with van der Waals surface area (Å²) < 4.78 is 5.45. The molecule has 0 aliphatic rings. The minimum absolute atomic E-state index is 0.168. The zero-order valence-electron chi connectivity index (χ0n) is 5.41. The molecule has 0 bridgehead atoms. The number of nitrogens with zero attached hydrogens (tertiary/aromatic N) is 1. The summed E-state index contributed by atoms with van der Waals surface area (Å²) in [6.07, 6.45) is 0. The van der Waals surface area contributed by atoms with Crippen molar-refractivity contribution in [1.29, 1.82) is 0 Å². The third-order valence-electron chi connectivity index (χ3n) is 1.08. The normalized spacial score (nSPS) is 9.44. The van der Waals surface area contributed by atoms with E-state index >= 15 is 0 Å². The van der Waals surface area contributed by atoms with E-state index in [0.29, 0.717) is 0 Å². The van der Waals surface area contributed by atoms with Gasteiger partial charge in [0.15, 0.2) is 0 Å². The Morgan fingerprint density at radius 3 is 2.44 bits per heavy atom. The second kappa shape index (κ2) is 3.55. The molecule has 2 heteroatoms.